The number of unbranched alkanes of at least 4 members (excludes halogenated alkanes) is 1. The van der Waals surface area contributed by atoms with Crippen LogP contribution in [0.4, 0.5) is 0 Å². The number of likely N-dealkylation sites (tertiary alicyclic amines) is 1. The normalized spacial score (nSPS) is 19.9. The zero-order valence-electron chi connectivity index (χ0n) is 16.2. The van der Waals surface area contributed by atoms with Crippen molar-refractivity contribution in [3.05, 3.63) is 17.2 Å². The van der Waals surface area contributed by atoms with Gasteiger partial charge >= 0.3 is 0 Å². The van der Waals surface area contributed by atoms with Crippen LogP contribution in [-0.4, -0.2) is 45.4 Å². The van der Waals surface area contributed by atoms with Crippen LogP contribution in [0, 0.1) is 0 Å². The molecule has 2 aliphatic heterocycles. The number of nitrogens with one attached hydrogen (secondary N) is 1. The minimum atomic E-state index is -0.131. The van der Waals surface area contributed by atoms with E-state index in [1.807, 2.05) is 9.47 Å². The number of hydrogen-bond donors (Lipinski definition) is 1. The van der Waals surface area contributed by atoms with E-state index >= 15 is 0 Å². The molecule has 0 bridgehead atoms. The molecule has 1 unspecified atom stereocenters. The minimum absolute atomic E-state index is 0.00677. The number of aromatic nitrogens is 2. The van der Waals surface area contributed by atoms with Crippen LogP contribution in [0.25, 0.3) is 0 Å². The lowest BCUT2D eigenvalue weighted by atomic mass is 10.00. The van der Waals surface area contributed by atoms with Crippen LogP contribution < -0.4 is 5.32 Å². The van der Waals surface area contributed by atoms with Gasteiger partial charge in [-0.05, 0) is 51.4 Å². The fourth-order valence-corrected chi connectivity index (χ4v) is 4.17. The second-order valence-corrected chi connectivity index (χ2v) is 7.51. The van der Waals surface area contributed by atoms with Crippen molar-refractivity contribution in [2.75, 3.05) is 13.1 Å². The standard InChI is InChI=1S/C20H32N4O2/c1-3-5-12-21-19(25)17-16-11-7-9-14-24(16)18(22-17)20(26)23-13-8-6-10-15(23)4-2/h15H,3-14H2,1-2H3,(H,21,25). The van der Waals surface area contributed by atoms with Gasteiger partial charge < -0.3 is 14.8 Å². The molecule has 2 amide bonds. The molecular weight excluding hydrogens is 328 g/mol. The van der Waals surface area contributed by atoms with E-state index in [4.69, 9.17) is 0 Å². The van der Waals surface area contributed by atoms with Crippen molar-refractivity contribution in [1.29, 1.82) is 0 Å². The first-order chi connectivity index (χ1) is 12.7. The van der Waals surface area contributed by atoms with E-state index in [0.717, 1.165) is 70.2 Å². The van der Waals surface area contributed by atoms with E-state index in [9.17, 15) is 9.59 Å². The summed E-state index contributed by atoms with van der Waals surface area (Å²) in [6.07, 6.45) is 9.21. The van der Waals surface area contributed by atoms with Crippen molar-refractivity contribution in [2.24, 2.45) is 0 Å². The first kappa shape index (κ1) is 18.9. The van der Waals surface area contributed by atoms with Gasteiger partial charge in [0, 0.05) is 25.7 Å². The van der Waals surface area contributed by atoms with Crippen LogP contribution in [0.2, 0.25) is 0 Å². The van der Waals surface area contributed by atoms with Crippen molar-refractivity contribution < 1.29 is 9.59 Å². The van der Waals surface area contributed by atoms with Gasteiger partial charge in [0.2, 0.25) is 0 Å². The predicted octanol–water partition coefficient (Wildman–Crippen LogP) is 3.15. The number of hydrogen-bond acceptors (Lipinski definition) is 3. The first-order valence-electron chi connectivity index (χ1n) is 10.4. The lowest BCUT2D eigenvalue weighted by Gasteiger charge is -2.35. The largest absolute Gasteiger partial charge is 0.351 e. The van der Waals surface area contributed by atoms with Crippen LogP contribution in [-0.2, 0) is 13.0 Å². The molecule has 26 heavy (non-hydrogen) atoms. The Labute approximate surface area is 156 Å². The fraction of sp³-hybridized carbons (Fsp3) is 0.750. The number of carbonyl (C=O) groups is 2. The Morgan fingerprint density at radius 1 is 1.15 bits per heavy atom. The molecule has 2 aliphatic rings. The molecule has 3 rings (SSSR count). The van der Waals surface area contributed by atoms with Gasteiger partial charge in [-0.3, -0.25) is 9.59 Å². The van der Waals surface area contributed by atoms with Crippen LogP contribution in [0.1, 0.15) is 92.0 Å². The molecule has 1 aromatic heterocycles. The highest BCUT2D eigenvalue weighted by molar-refractivity contribution is 5.97. The number of nitrogens with zero attached hydrogens (tertiary/aromatic N) is 3. The first-order valence-corrected chi connectivity index (χ1v) is 10.4. The fourth-order valence-electron chi connectivity index (χ4n) is 4.17. The second-order valence-electron chi connectivity index (χ2n) is 7.51. The molecule has 3 heterocycles. The van der Waals surface area contributed by atoms with Crippen LogP contribution in [0.5, 0.6) is 0 Å². The maximum Gasteiger partial charge on any atom is 0.290 e. The molecule has 1 N–H and O–H groups in total. The summed E-state index contributed by atoms with van der Waals surface area (Å²) in [6.45, 7) is 6.50. The van der Waals surface area contributed by atoms with Gasteiger partial charge in [0.1, 0.15) is 5.69 Å². The van der Waals surface area contributed by atoms with E-state index < -0.39 is 0 Å². The quantitative estimate of drug-likeness (QED) is 0.793. The van der Waals surface area contributed by atoms with E-state index in [1.54, 1.807) is 0 Å². The van der Waals surface area contributed by atoms with Gasteiger partial charge in [-0.15, -0.1) is 0 Å². The molecule has 0 radical (unpaired) electrons. The predicted molar refractivity (Wildman–Crippen MR) is 101 cm³/mol. The molecule has 1 fully saturated rings. The Morgan fingerprint density at radius 3 is 2.73 bits per heavy atom. The Balaban J connectivity index is 1.87. The third-order valence-electron chi connectivity index (χ3n) is 5.70. The molecule has 0 saturated carbocycles. The molecule has 6 heteroatoms. The van der Waals surface area contributed by atoms with Crippen LogP contribution >= 0.6 is 0 Å². The summed E-state index contributed by atoms with van der Waals surface area (Å²) in [4.78, 5) is 32.4. The monoisotopic (exact) mass is 360 g/mol. The number of piperidine rings is 1. The summed E-state index contributed by atoms with van der Waals surface area (Å²) in [5.74, 6) is 0.349. The second kappa shape index (κ2) is 8.69. The van der Waals surface area contributed by atoms with E-state index in [-0.39, 0.29) is 11.8 Å². The molecule has 0 aromatic carbocycles. The van der Waals surface area contributed by atoms with E-state index in [0.29, 0.717) is 24.1 Å². The van der Waals surface area contributed by atoms with E-state index in [1.165, 1.54) is 6.42 Å². The topological polar surface area (TPSA) is 67.2 Å². The van der Waals surface area contributed by atoms with Crippen molar-refractivity contribution in [3.8, 4) is 0 Å². The zero-order valence-corrected chi connectivity index (χ0v) is 16.2. The Kier molecular flexibility index (Phi) is 6.33. The van der Waals surface area contributed by atoms with E-state index in [2.05, 4.69) is 24.1 Å². The molecule has 1 atom stereocenters. The average Bonchev–Trinajstić information content (AvgIpc) is 3.07. The number of imidazole rings is 1. The molecular formula is C20H32N4O2. The third kappa shape index (κ3) is 3.79. The van der Waals surface area contributed by atoms with Gasteiger partial charge in [-0.2, -0.15) is 0 Å². The van der Waals surface area contributed by atoms with Crippen LogP contribution in [0.15, 0.2) is 0 Å². The molecule has 1 aromatic rings. The maximum absolute atomic E-state index is 13.2. The summed E-state index contributed by atoms with van der Waals surface area (Å²) < 4.78 is 2.02. The smallest absolute Gasteiger partial charge is 0.290 e. The van der Waals surface area contributed by atoms with Crippen molar-refractivity contribution in [3.63, 3.8) is 0 Å². The highest BCUT2D eigenvalue weighted by Gasteiger charge is 2.33. The molecule has 1 saturated heterocycles. The highest BCUT2D eigenvalue weighted by Crippen LogP contribution is 2.25. The number of fused-ring (bicyclic) bond motifs is 1. The number of amides is 2. The van der Waals surface area contributed by atoms with Crippen molar-refractivity contribution >= 4 is 11.8 Å². The zero-order chi connectivity index (χ0) is 18.5. The van der Waals surface area contributed by atoms with Gasteiger partial charge in [-0.25, -0.2) is 4.98 Å². The van der Waals surface area contributed by atoms with Gasteiger partial charge in [0.05, 0.1) is 5.69 Å². The lowest BCUT2D eigenvalue weighted by Crippen LogP contribution is -2.44. The molecule has 0 spiro atoms. The molecule has 0 aliphatic carbocycles. The molecule has 6 nitrogen and oxygen atoms in total. The maximum atomic E-state index is 13.2. The summed E-state index contributed by atoms with van der Waals surface area (Å²) in [6, 6.07) is 0.301. The van der Waals surface area contributed by atoms with Gasteiger partial charge in [-0.1, -0.05) is 20.3 Å². The summed E-state index contributed by atoms with van der Waals surface area (Å²) in [7, 11) is 0. The lowest BCUT2D eigenvalue weighted by molar-refractivity contribution is 0.0589. The third-order valence-corrected chi connectivity index (χ3v) is 5.70. The van der Waals surface area contributed by atoms with Gasteiger partial charge in [0.25, 0.3) is 11.8 Å². The minimum Gasteiger partial charge on any atom is -0.351 e. The summed E-state index contributed by atoms with van der Waals surface area (Å²) in [5.41, 5.74) is 1.41. The summed E-state index contributed by atoms with van der Waals surface area (Å²) >= 11 is 0. The van der Waals surface area contributed by atoms with Gasteiger partial charge in [0.15, 0.2) is 5.82 Å². The number of carbonyl (C=O) groups excluding carboxylic acids is 2. The molecule has 144 valence electrons. The van der Waals surface area contributed by atoms with Crippen molar-refractivity contribution in [1.82, 2.24) is 19.8 Å². The SMILES string of the molecule is CCCCNC(=O)c1nc(C(=O)N2CCCCC2CC)n2c1CCCC2. The van der Waals surface area contributed by atoms with Crippen molar-refractivity contribution in [2.45, 2.75) is 84.2 Å². The average molecular weight is 361 g/mol. The highest BCUT2D eigenvalue weighted by atomic mass is 16.2. The Morgan fingerprint density at radius 2 is 1.96 bits per heavy atom. The Hall–Kier alpha value is -1.85. The van der Waals surface area contributed by atoms with Crippen LogP contribution in [0.3, 0.4) is 0 Å². The Bertz CT molecular complexity index is 652. The number of rotatable bonds is 6. The summed E-state index contributed by atoms with van der Waals surface area (Å²) in [5, 5.41) is 2.96.